The van der Waals surface area contributed by atoms with Crippen LogP contribution in [0.2, 0.25) is 0 Å². The van der Waals surface area contributed by atoms with Crippen molar-refractivity contribution in [1.82, 2.24) is 10.3 Å². The average Bonchev–Trinajstić information content (AvgIpc) is 2.71. The SMILES string of the molecule is CCCCCOc1ccc(NC(=O)C(CCC)NC(=O)Cc2cc(F)cc(F)c2)nc1. The maximum absolute atomic E-state index is 13.3. The standard InChI is InChI=1S/C23H29F2N3O3/c1-3-5-6-10-31-19-8-9-21(26-15-19)28-23(30)20(7-4-2)27-22(29)13-16-11-17(24)14-18(25)12-16/h8-9,11-12,14-15,20H,3-7,10,13H2,1-2H3,(H,27,29)(H,26,28,30). The molecule has 2 rings (SSSR count). The van der Waals surface area contributed by atoms with Gasteiger partial charge in [0.2, 0.25) is 11.8 Å². The highest BCUT2D eigenvalue weighted by Gasteiger charge is 2.21. The summed E-state index contributed by atoms with van der Waals surface area (Å²) in [7, 11) is 0. The molecule has 0 saturated heterocycles. The lowest BCUT2D eigenvalue weighted by Crippen LogP contribution is -2.44. The summed E-state index contributed by atoms with van der Waals surface area (Å²) >= 11 is 0. The molecule has 168 valence electrons. The summed E-state index contributed by atoms with van der Waals surface area (Å²) in [6.07, 6.45) is 5.55. The van der Waals surface area contributed by atoms with Crippen molar-refractivity contribution < 1.29 is 23.1 Å². The van der Waals surface area contributed by atoms with E-state index < -0.39 is 29.5 Å². The second kappa shape index (κ2) is 12.6. The van der Waals surface area contributed by atoms with Gasteiger partial charge in [0.05, 0.1) is 19.2 Å². The summed E-state index contributed by atoms with van der Waals surface area (Å²) in [6.45, 7) is 4.62. The number of hydrogen-bond donors (Lipinski definition) is 2. The molecule has 1 aromatic carbocycles. The maximum Gasteiger partial charge on any atom is 0.248 e. The van der Waals surface area contributed by atoms with Gasteiger partial charge in [0.25, 0.3) is 0 Å². The van der Waals surface area contributed by atoms with Crippen LogP contribution >= 0.6 is 0 Å². The molecule has 1 atom stereocenters. The van der Waals surface area contributed by atoms with Crippen LogP contribution < -0.4 is 15.4 Å². The van der Waals surface area contributed by atoms with E-state index in [-0.39, 0.29) is 12.0 Å². The molecule has 0 aliphatic carbocycles. The van der Waals surface area contributed by atoms with E-state index >= 15 is 0 Å². The molecule has 0 spiro atoms. The van der Waals surface area contributed by atoms with E-state index in [2.05, 4.69) is 22.5 Å². The van der Waals surface area contributed by atoms with Gasteiger partial charge in [0, 0.05) is 6.07 Å². The van der Waals surface area contributed by atoms with Crippen molar-refractivity contribution in [3.63, 3.8) is 0 Å². The highest BCUT2D eigenvalue weighted by Crippen LogP contribution is 2.14. The van der Waals surface area contributed by atoms with Crippen LogP contribution in [0.15, 0.2) is 36.5 Å². The van der Waals surface area contributed by atoms with Gasteiger partial charge in [-0.1, -0.05) is 33.1 Å². The molecule has 0 bridgehead atoms. The molecule has 1 heterocycles. The number of carbonyl (C=O) groups is 2. The van der Waals surface area contributed by atoms with Crippen LogP contribution in [0.25, 0.3) is 0 Å². The minimum absolute atomic E-state index is 0.196. The largest absolute Gasteiger partial charge is 0.492 e. The normalized spacial score (nSPS) is 11.6. The van der Waals surface area contributed by atoms with Gasteiger partial charge in [-0.25, -0.2) is 13.8 Å². The second-order valence-corrected chi connectivity index (χ2v) is 7.29. The van der Waals surface area contributed by atoms with Gasteiger partial charge < -0.3 is 15.4 Å². The van der Waals surface area contributed by atoms with Crippen molar-refractivity contribution in [1.29, 1.82) is 0 Å². The van der Waals surface area contributed by atoms with Gasteiger partial charge in [0.15, 0.2) is 0 Å². The van der Waals surface area contributed by atoms with Crippen molar-refractivity contribution in [2.24, 2.45) is 0 Å². The van der Waals surface area contributed by atoms with Gasteiger partial charge in [-0.15, -0.1) is 0 Å². The fourth-order valence-corrected chi connectivity index (χ4v) is 3.00. The molecule has 0 aliphatic rings. The zero-order valence-electron chi connectivity index (χ0n) is 17.9. The summed E-state index contributed by atoms with van der Waals surface area (Å²) < 4.78 is 32.2. The molecular formula is C23H29F2N3O3. The van der Waals surface area contributed by atoms with E-state index in [1.54, 1.807) is 12.1 Å². The van der Waals surface area contributed by atoms with Gasteiger partial charge in [-0.05, 0) is 42.7 Å². The first-order chi connectivity index (χ1) is 14.9. The highest BCUT2D eigenvalue weighted by molar-refractivity contribution is 5.96. The zero-order chi connectivity index (χ0) is 22.6. The number of hydrogen-bond acceptors (Lipinski definition) is 4. The lowest BCUT2D eigenvalue weighted by Gasteiger charge is -2.18. The number of pyridine rings is 1. The molecule has 2 N–H and O–H groups in total. The highest BCUT2D eigenvalue weighted by atomic mass is 19.1. The van der Waals surface area contributed by atoms with Crippen molar-refractivity contribution >= 4 is 17.6 Å². The van der Waals surface area contributed by atoms with E-state index in [9.17, 15) is 18.4 Å². The third-order valence-corrected chi connectivity index (χ3v) is 4.52. The Morgan fingerprint density at radius 2 is 1.81 bits per heavy atom. The zero-order valence-corrected chi connectivity index (χ0v) is 17.9. The van der Waals surface area contributed by atoms with Gasteiger partial charge in [0.1, 0.15) is 29.2 Å². The van der Waals surface area contributed by atoms with Crippen LogP contribution in [0, 0.1) is 11.6 Å². The molecule has 1 unspecified atom stereocenters. The van der Waals surface area contributed by atoms with Crippen LogP contribution in [0.3, 0.4) is 0 Å². The fraction of sp³-hybridized carbons (Fsp3) is 0.435. The number of ether oxygens (including phenoxy) is 1. The minimum Gasteiger partial charge on any atom is -0.492 e. The molecule has 31 heavy (non-hydrogen) atoms. The number of halogens is 2. The second-order valence-electron chi connectivity index (χ2n) is 7.29. The average molecular weight is 433 g/mol. The predicted octanol–water partition coefficient (Wildman–Crippen LogP) is 4.39. The number of carbonyl (C=O) groups excluding carboxylic acids is 2. The fourth-order valence-electron chi connectivity index (χ4n) is 3.00. The number of nitrogens with one attached hydrogen (secondary N) is 2. The molecule has 6 nitrogen and oxygen atoms in total. The number of rotatable bonds is 12. The first-order valence-electron chi connectivity index (χ1n) is 10.5. The molecule has 2 aromatic rings. The molecule has 0 aliphatic heterocycles. The van der Waals surface area contributed by atoms with Crippen molar-refractivity contribution in [2.45, 2.75) is 58.4 Å². The van der Waals surface area contributed by atoms with Crippen molar-refractivity contribution in [3.05, 3.63) is 53.7 Å². The maximum atomic E-state index is 13.3. The van der Waals surface area contributed by atoms with Gasteiger partial charge in [-0.3, -0.25) is 9.59 Å². The summed E-state index contributed by atoms with van der Waals surface area (Å²) in [6, 6.07) is 5.49. The molecule has 0 fully saturated rings. The predicted molar refractivity (Wildman–Crippen MR) is 115 cm³/mol. The Morgan fingerprint density at radius 1 is 1.06 bits per heavy atom. The van der Waals surface area contributed by atoms with Crippen LogP contribution in [-0.2, 0) is 16.0 Å². The summed E-state index contributed by atoms with van der Waals surface area (Å²) in [4.78, 5) is 29.1. The van der Waals surface area contributed by atoms with Crippen LogP contribution in [0.1, 0.15) is 51.5 Å². The Kier molecular flexibility index (Phi) is 9.87. The first-order valence-corrected chi connectivity index (χ1v) is 10.5. The molecule has 2 amide bonds. The van der Waals surface area contributed by atoms with Crippen LogP contribution in [0.5, 0.6) is 5.75 Å². The van der Waals surface area contributed by atoms with Crippen LogP contribution in [-0.4, -0.2) is 29.4 Å². The molecule has 1 aromatic heterocycles. The van der Waals surface area contributed by atoms with Crippen molar-refractivity contribution in [2.75, 3.05) is 11.9 Å². The van der Waals surface area contributed by atoms with Gasteiger partial charge in [-0.2, -0.15) is 0 Å². The Hall–Kier alpha value is -3.03. The Balaban J connectivity index is 1.91. The van der Waals surface area contributed by atoms with Gasteiger partial charge >= 0.3 is 0 Å². The monoisotopic (exact) mass is 433 g/mol. The lowest BCUT2D eigenvalue weighted by atomic mass is 10.1. The molecule has 0 saturated carbocycles. The number of nitrogens with zero attached hydrogens (tertiary/aromatic N) is 1. The number of benzene rings is 1. The summed E-state index contributed by atoms with van der Waals surface area (Å²) in [5.74, 6) is -1.46. The van der Waals surface area contributed by atoms with Crippen LogP contribution in [0.4, 0.5) is 14.6 Å². The number of amides is 2. The Bertz CT molecular complexity index is 839. The van der Waals surface area contributed by atoms with E-state index in [0.717, 1.165) is 37.5 Å². The smallest absolute Gasteiger partial charge is 0.248 e. The molecule has 0 radical (unpaired) electrons. The number of anilines is 1. The molecular weight excluding hydrogens is 404 g/mol. The third kappa shape index (κ3) is 8.70. The first kappa shape index (κ1) is 24.2. The van der Waals surface area contributed by atoms with Crippen molar-refractivity contribution in [3.8, 4) is 5.75 Å². The third-order valence-electron chi connectivity index (χ3n) is 4.52. The topological polar surface area (TPSA) is 80.3 Å². The summed E-state index contributed by atoms with van der Waals surface area (Å²) in [5.41, 5.74) is 0.196. The number of unbranched alkanes of at least 4 members (excludes halogenated alkanes) is 2. The quantitative estimate of drug-likeness (QED) is 0.487. The van der Waals surface area contributed by atoms with E-state index in [1.165, 1.54) is 6.20 Å². The van der Waals surface area contributed by atoms with E-state index in [1.807, 2.05) is 6.92 Å². The Morgan fingerprint density at radius 3 is 2.42 bits per heavy atom. The number of aromatic nitrogens is 1. The summed E-state index contributed by atoms with van der Waals surface area (Å²) in [5, 5.41) is 5.31. The van der Waals surface area contributed by atoms with E-state index in [4.69, 9.17) is 4.74 Å². The minimum atomic E-state index is -0.789. The van der Waals surface area contributed by atoms with E-state index in [0.29, 0.717) is 31.0 Å². The Labute approximate surface area is 181 Å². The molecule has 8 heteroatoms. The lowest BCUT2D eigenvalue weighted by molar-refractivity contribution is -0.126.